The summed E-state index contributed by atoms with van der Waals surface area (Å²) < 4.78 is 0. The highest BCUT2D eigenvalue weighted by molar-refractivity contribution is 6.04. The number of H-pyrrole nitrogens is 1. The molecule has 2 aromatic carbocycles. The van der Waals surface area contributed by atoms with E-state index in [0.717, 1.165) is 23.4 Å². The normalized spacial score (nSPS) is 11.1. The number of aromatic nitrogens is 2. The van der Waals surface area contributed by atoms with Gasteiger partial charge in [-0.1, -0.05) is 24.3 Å². The highest BCUT2D eigenvalue weighted by atomic mass is 16.3. The second kappa shape index (κ2) is 9.11. The molecule has 8 heteroatoms. The van der Waals surface area contributed by atoms with Crippen molar-refractivity contribution in [1.29, 1.82) is 0 Å². The van der Waals surface area contributed by atoms with E-state index in [0.29, 0.717) is 17.3 Å². The summed E-state index contributed by atoms with van der Waals surface area (Å²) in [5.41, 5.74) is 5.08. The van der Waals surface area contributed by atoms with E-state index in [-0.39, 0.29) is 17.9 Å². The molecule has 0 saturated carbocycles. The van der Waals surface area contributed by atoms with Crippen LogP contribution in [-0.4, -0.2) is 47.1 Å². The molecule has 1 amide bonds. The zero-order valence-electron chi connectivity index (χ0n) is 16.3. The van der Waals surface area contributed by atoms with Crippen LogP contribution >= 0.6 is 0 Å². The molecule has 0 aliphatic carbocycles. The molecular weight excluding hydrogens is 370 g/mol. The number of aliphatic hydroxyl groups is 1. The molecule has 1 aromatic heterocycles. The number of benzene rings is 2. The predicted octanol–water partition coefficient (Wildman–Crippen LogP) is 1.81. The summed E-state index contributed by atoms with van der Waals surface area (Å²) >= 11 is 0. The molecule has 8 nitrogen and oxygen atoms in total. The maximum absolute atomic E-state index is 12.5. The zero-order valence-corrected chi connectivity index (χ0v) is 16.3. The highest BCUT2D eigenvalue weighted by Crippen LogP contribution is 2.18. The van der Waals surface area contributed by atoms with Gasteiger partial charge >= 0.3 is 0 Å². The van der Waals surface area contributed by atoms with Crippen LogP contribution in [0, 0.1) is 6.92 Å². The van der Waals surface area contributed by atoms with E-state index in [1.54, 1.807) is 30.5 Å². The van der Waals surface area contributed by atoms with E-state index >= 15 is 0 Å². The largest absolute Gasteiger partial charge is 0.395 e. The summed E-state index contributed by atoms with van der Waals surface area (Å²) in [7, 11) is 0. The number of hydrogen-bond acceptors (Lipinski definition) is 6. The molecule has 0 radical (unpaired) electrons. The van der Waals surface area contributed by atoms with Crippen molar-refractivity contribution in [2.45, 2.75) is 13.8 Å². The quantitative estimate of drug-likeness (QED) is 0.419. The van der Waals surface area contributed by atoms with Crippen LogP contribution in [0.2, 0.25) is 0 Å². The highest BCUT2D eigenvalue weighted by Gasteiger charge is 2.13. The van der Waals surface area contributed by atoms with Gasteiger partial charge in [-0.05, 0) is 43.2 Å². The number of hydrazone groups is 1. The van der Waals surface area contributed by atoms with Crippen molar-refractivity contribution < 1.29 is 9.90 Å². The Morgan fingerprint density at radius 2 is 2.03 bits per heavy atom. The van der Waals surface area contributed by atoms with E-state index in [4.69, 9.17) is 5.11 Å². The number of carbonyl (C=O) groups excluding carboxylic acids is 1. The first kappa shape index (κ1) is 20.2. The molecule has 3 N–H and O–H groups in total. The van der Waals surface area contributed by atoms with Crippen molar-refractivity contribution in [3.05, 3.63) is 69.6 Å². The number of amides is 1. The Balaban J connectivity index is 1.76. The fourth-order valence-corrected chi connectivity index (χ4v) is 3.09. The predicted molar refractivity (Wildman–Crippen MR) is 114 cm³/mol. The van der Waals surface area contributed by atoms with E-state index in [1.165, 1.54) is 0 Å². The number of nitrogens with zero attached hydrogens (tertiary/aromatic N) is 3. The number of nitrogens with one attached hydrogen (secondary N) is 2. The van der Waals surface area contributed by atoms with Gasteiger partial charge in [-0.2, -0.15) is 10.2 Å². The molecule has 0 spiro atoms. The second-order valence-corrected chi connectivity index (χ2v) is 6.49. The molecule has 0 aliphatic heterocycles. The summed E-state index contributed by atoms with van der Waals surface area (Å²) in [5.74, 6) is -0.511. The fourth-order valence-electron chi connectivity index (χ4n) is 3.09. The van der Waals surface area contributed by atoms with Crippen molar-refractivity contribution in [3.63, 3.8) is 0 Å². The average Bonchev–Trinajstić information content (AvgIpc) is 2.73. The molecular formula is C21H23N5O3. The molecule has 29 heavy (non-hydrogen) atoms. The Hall–Kier alpha value is -3.52. The second-order valence-electron chi connectivity index (χ2n) is 6.49. The maximum Gasteiger partial charge on any atom is 0.292 e. The van der Waals surface area contributed by atoms with Crippen LogP contribution in [0.3, 0.4) is 0 Å². The molecule has 150 valence electrons. The molecule has 0 atom stereocenters. The number of aliphatic hydroxyl groups excluding tert-OH is 1. The first-order valence-corrected chi connectivity index (χ1v) is 9.32. The van der Waals surface area contributed by atoms with Crippen molar-refractivity contribution in [2.24, 2.45) is 5.10 Å². The molecule has 3 rings (SSSR count). The van der Waals surface area contributed by atoms with Crippen LogP contribution in [0.15, 0.2) is 52.4 Å². The molecule has 3 aromatic rings. The minimum Gasteiger partial charge on any atom is -0.395 e. The lowest BCUT2D eigenvalue weighted by atomic mass is 10.1. The Bertz CT molecular complexity index is 1110. The van der Waals surface area contributed by atoms with E-state index in [2.05, 4.69) is 25.6 Å². The van der Waals surface area contributed by atoms with Gasteiger partial charge in [-0.3, -0.25) is 9.59 Å². The Labute approximate surface area is 167 Å². The van der Waals surface area contributed by atoms with Crippen LogP contribution in [0.5, 0.6) is 0 Å². The number of likely N-dealkylation sites (N-methyl/N-ethyl adjacent to an activating group) is 1. The lowest BCUT2D eigenvalue weighted by molar-refractivity contribution is 0.0951. The van der Waals surface area contributed by atoms with Crippen molar-refractivity contribution in [1.82, 2.24) is 15.6 Å². The Morgan fingerprint density at radius 3 is 2.72 bits per heavy atom. The summed E-state index contributed by atoms with van der Waals surface area (Å²) in [4.78, 5) is 26.4. The van der Waals surface area contributed by atoms with Gasteiger partial charge in [0.15, 0.2) is 5.69 Å². The molecule has 0 aliphatic rings. The minimum absolute atomic E-state index is 0.0929. The summed E-state index contributed by atoms with van der Waals surface area (Å²) in [6.07, 6.45) is 1.56. The number of aryl methyl sites for hydroxylation is 1. The van der Waals surface area contributed by atoms with Crippen LogP contribution in [0.1, 0.15) is 28.5 Å². The van der Waals surface area contributed by atoms with Crippen LogP contribution in [0.4, 0.5) is 5.69 Å². The fraction of sp³-hybridized carbons (Fsp3) is 0.238. The first-order valence-electron chi connectivity index (χ1n) is 9.32. The lowest BCUT2D eigenvalue weighted by Crippen LogP contribution is -2.26. The van der Waals surface area contributed by atoms with Gasteiger partial charge in [-0.15, -0.1) is 0 Å². The number of anilines is 1. The zero-order chi connectivity index (χ0) is 20.8. The first-order chi connectivity index (χ1) is 14.0. The monoisotopic (exact) mass is 393 g/mol. The Kier molecular flexibility index (Phi) is 6.36. The van der Waals surface area contributed by atoms with E-state index in [1.807, 2.05) is 32.0 Å². The van der Waals surface area contributed by atoms with Crippen LogP contribution in [-0.2, 0) is 0 Å². The smallest absolute Gasteiger partial charge is 0.292 e. The third-order valence-electron chi connectivity index (χ3n) is 4.65. The number of rotatable bonds is 7. The van der Waals surface area contributed by atoms with E-state index in [9.17, 15) is 9.59 Å². The molecule has 0 saturated heterocycles. The van der Waals surface area contributed by atoms with Crippen molar-refractivity contribution in [2.75, 3.05) is 24.6 Å². The maximum atomic E-state index is 12.5. The Morgan fingerprint density at radius 1 is 1.28 bits per heavy atom. The van der Waals surface area contributed by atoms with Gasteiger partial charge in [0, 0.05) is 24.2 Å². The van der Waals surface area contributed by atoms with Gasteiger partial charge in [0.05, 0.1) is 18.2 Å². The number of fused-ring (bicyclic) bond motifs is 1. The summed E-state index contributed by atoms with van der Waals surface area (Å²) in [6, 6.07) is 12.6. The van der Waals surface area contributed by atoms with Crippen LogP contribution in [0.25, 0.3) is 10.8 Å². The summed E-state index contributed by atoms with van der Waals surface area (Å²) in [6.45, 7) is 5.44. The molecule has 0 fully saturated rings. The lowest BCUT2D eigenvalue weighted by Gasteiger charge is -2.22. The molecule has 0 bridgehead atoms. The van der Waals surface area contributed by atoms with Crippen molar-refractivity contribution in [3.8, 4) is 0 Å². The third-order valence-corrected chi connectivity index (χ3v) is 4.65. The number of aromatic amines is 1. The van der Waals surface area contributed by atoms with Gasteiger partial charge in [0.2, 0.25) is 0 Å². The van der Waals surface area contributed by atoms with Gasteiger partial charge in [0.25, 0.3) is 11.5 Å². The molecule has 0 unspecified atom stereocenters. The third kappa shape index (κ3) is 4.49. The van der Waals surface area contributed by atoms with Gasteiger partial charge < -0.3 is 10.0 Å². The molecule has 1 heterocycles. The SMILES string of the molecule is CCN(CCO)c1ccc(/C=N\NC(=O)c2n[nH]c(=O)c3ccccc23)c(C)c1. The van der Waals surface area contributed by atoms with Crippen molar-refractivity contribution >= 4 is 28.6 Å². The van der Waals surface area contributed by atoms with Gasteiger partial charge in [0.1, 0.15) is 0 Å². The number of carbonyl (C=O) groups is 1. The summed E-state index contributed by atoms with van der Waals surface area (Å²) in [5, 5.41) is 20.2. The topological polar surface area (TPSA) is 111 Å². The van der Waals surface area contributed by atoms with Crippen LogP contribution < -0.4 is 15.9 Å². The van der Waals surface area contributed by atoms with Gasteiger partial charge in [-0.25, -0.2) is 10.5 Å². The number of hydrogen-bond donors (Lipinski definition) is 3. The minimum atomic E-state index is -0.511. The average molecular weight is 393 g/mol. The van der Waals surface area contributed by atoms with E-state index < -0.39 is 5.91 Å². The standard InChI is InChI=1S/C21H23N5O3/c1-3-26(10-11-27)16-9-8-15(14(2)12-16)13-22-24-21(29)19-17-6-4-5-7-18(17)20(28)25-23-19/h4-9,12-13,27H,3,10-11H2,1-2H3,(H,24,29)(H,25,28)/b22-13-.